The molecular formula is C12H9N2O3S2-. The van der Waals surface area contributed by atoms with Gasteiger partial charge in [0, 0.05) is 0 Å². The Kier molecular flexibility index (Phi) is 4.08. The molecule has 2 aromatic heterocycles. The predicted molar refractivity (Wildman–Crippen MR) is 72.6 cm³/mol. The monoisotopic (exact) mass is 293 g/mol. The summed E-state index contributed by atoms with van der Waals surface area (Å²) in [5.41, 5.74) is 2.97. The summed E-state index contributed by atoms with van der Waals surface area (Å²) in [4.78, 5) is 23.7. The molecule has 0 fully saturated rings. The van der Waals surface area contributed by atoms with E-state index in [1.807, 2.05) is 0 Å². The van der Waals surface area contributed by atoms with Crippen molar-refractivity contribution < 1.29 is 14.7 Å². The van der Waals surface area contributed by atoms with Gasteiger partial charge in [0.15, 0.2) is 0 Å². The molecule has 19 heavy (non-hydrogen) atoms. The lowest BCUT2D eigenvalue weighted by Crippen LogP contribution is -2.20. The SMILES string of the molecule is C/C(=N/NC(=O)c1cccs1)c1ccc(C(=O)[O-])s1. The van der Waals surface area contributed by atoms with Crippen LogP contribution in [0, 0.1) is 0 Å². The molecule has 0 aromatic carbocycles. The number of nitrogens with zero attached hydrogens (tertiary/aromatic N) is 1. The van der Waals surface area contributed by atoms with E-state index in [-0.39, 0.29) is 10.8 Å². The Balaban J connectivity index is 2.06. The minimum atomic E-state index is -1.22. The van der Waals surface area contributed by atoms with E-state index in [2.05, 4.69) is 10.5 Å². The molecule has 0 aliphatic heterocycles. The minimum absolute atomic E-state index is 0.133. The van der Waals surface area contributed by atoms with Crippen LogP contribution in [-0.4, -0.2) is 17.6 Å². The molecule has 1 amide bonds. The third kappa shape index (κ3) is 3.27. The standard InChI is InChI=1S/C12H10N2O3S2/c1-7(8-4-5-10(19-8)12(16)17)13-14-11(15)9-3-2-6-18-9/h2-6H,1H3,(H,14,15)(H,16,17)/p-1/b13-7-. The van der Waals surface area contributed by atoms with Gasteiger partial charge in [-0.2, -0.15) is 5.10 Å². The van der Waals surface area contributed by atoms with Gasteiger partial charge in [0.05, 0.1) is 26.3 Å². The van der Waals surface area contributed by atoms with E-state index in [4.69, 9.17) is 0 Å². The Morgan fingerprint density at radius 2 is 1.95 bits per heavy atom. The zero-order valence-electron chi connectivity index (χ0n) is 9.88. The van der Waals surface area contributed by atoms with Crippen LogP contribution < -0.4 is 10.5 Å². The molecule has 7 heteroatoms. The first-order valence-electron chi connectivity index (χ1n) is 5.27. The number of amides is 1. The lowest BCUT2D eigenvalue weighted by atomic mass is 10.3. The molecule has 2 aromatic rings. The molecule has 0 saturated carbocycles. The smallest absolute Gasteiger partial charge is 0.281 e. The van der Waals surface area contributed by atoms with Gasteiger partial charge >= 0.3 is 0 Å². The molecule has 0 atom stereocenters. The fraction of sp³-hybridized carbons (Fsp3) is 0.0833. The maximum absolute atomic E-state index is 11.6. The Labute approximate surface area is 117 Å². The van der Waals surface area contributed by atoms with Crippen LogP contribution in [0.1, 0.15) is 31.1 Å². The lowest BCUT2D eigenvalue weighted by molar-refractivity contribution is -0.254. The fourth-order valence-electron chi connectivity index (χ4n) is 1.29. The van der Waals surface area contributed by atoms with Gasteiger partial charge in [-0.25, -0.2) is 5.43 Å². The quantitative estimate of drug-likeness (QED) is 0.682. The van der Waals surface area contributed by atoms with Crippen molar-refractivity contribution in [2.45, 2.75) is 6.92 Å². The summed E-state index contributed by atoms with van der Waals surface area (Å²) in [6.45, 7) is 1.69. The van der Waals surface area contributed by atoms with Crippen molar-refractivity contribution in [1.29, 1.82) is 0 Å². The summed E-state index contributed by atoms with van der Waals surface area (Å²) in [6, 6.07) is 6.56. The Morgan fingerprint density at radius 3 is 2.53 bits per heavy atom. The highest BCUT2D eigenvalue weighted by Gasteiger charge is 2.07. The number of rotatable bonds is 4. The van der Waals surface area contributed by atoms with E-state index in [1.54, 1.807) is 30.5 Å². The molecule has 98 valence electrons. The third-order valence-corrected chi connectivity index (χ3v) is 4.28. The van der Waals surface area contributed by atoms with E-state index >= 15 is 0 Å². The highest BCUT2D eigenvalue weighted by molar-refractivity contribution is 7.15. The number of carbonyl (C=O) groups is 2. The second-order valence-electron chi connectivity index (χ2n) is 3.57. The summed E-state index contributed by atoms with van der Waals surface area (Å²) < 4.78 is 0. The summed E-state index contributed by atoms with van der Waals surface area (Å²) in [7, 11) is 0. The molecule has 0 radical (unpaired) electrons. The average molecular weight is 293 g/mol. The van der Waals surface area contributed by atoms with E-state index < -0.39 is 5.97 Å². The van der Waals surface area contributed by atoms with Gasteiger partial charge in [0.2, 0.25) is 0 Å². The van der Waals surface area contributed by atoms with Gasteiger partial charge in [-0.05, 0) is 30.5 Å². The molecule has 0 saturated heterocycles. The number of carboxylic acids is 1. The van der Waals surface area contributed by atoms with E-state index in [1.165, 1.54) is 17.4 Å². The van der Waals surface area contributed by atoms with Crippen LogP contribution in [-0.2, 0) is 0 Å². The number of carboxylic acid groups (broad SMARTS) is 1. The number of hydrazone groups is 1. The Morgan fingerprint density at radius 1 is 1.21 bits per heavy atom. The summed E-state index contributed by atoms with van der Waals surface area (Å²) >= 11 is 2.38. The number of thiophene rings is 2. The summed E-state index contributed by atoms with van der Waals surface area (Å²) in [5, 5.41) is 16.4. The molecule has 0 aliphatic carbocycles. The van der Waals surface area contributed by atoms with Crippen molar-refractivity contribution in [2.24, 2.45) is 5.10 Å². The van der Waals surface area contributed by atoms with Crippen LogP contribution in [0.15, 0.2) is 34.7 Å². The Hall–Kier alpha value is -1.99. The van der Waals surface area contributed by atoms with Gasteiger partial charge in [0.1, 0.15) is 0 Å². The number of hydrogen-bond acceptors (Lipinski definition) is 6. The van der Waals surface area contributed by atoms with Crippen LogP contribution in [0.2, 0.25) is 0 Å². The third-order valence-electron chi connectivity index (χ3n) is 2.23. The summed E-state index contributed by atoms with van der Waals surface area (Å²) in [5.74, 6) is -1.50. The molecule has 0 bridgehead atoms. The number of aromatic carboxylic acids is 1. The highest BCUT2D eigenvalue weighted by atomic mass is 32.1. The van der Waals surface area contributed by atoms with E-state index in [0.717, 1.165) is 11.3 Å². The maximum atomic E-state index is 11.6. The van der Waals surface area contributed by atoms with Crippen molar-refractivity contribution in [3.8, 4) is 0 Å². The van der Waals surface area contributed by atoms with Gasteiger partial charge in [-0.15, -0.1) is 22.7 Å². The second kappa shape index (κ2) is 5.77. The number of hydrogen-bond donors (Lipinski definition) is 1. The minimum Gasteiger partial charge on any atom is -0.544 e. The summed E-state index contributed by atoms with van der Waals surface area (Å²) in [6.07, 6.45) is 0. The van der Waals surface area contributed by atoms with Crippen LogP contribution in [0.5, 0.6) is 0 Å². The number of carbonyl (C=O) groups excluding carboxylic acids is 2. The topological polar surface area (TPSA) is 81.6 Å². The fourth-order valence-corrected chi connectivity index (χ4v) is 2.69. The first kappa shape index (κ1) is 13.4. The van der Waals surface area contributed by atoms with Crippen molar-refractivity contribution >= 4 is 40.3 Å². The highest BCUT2D eigenvalue weighted by Crippen LogP contribution is 2.16. The van der Waals surface area contributed by atoms with Crippen molar-refractivity contribution in [3.63, 3.8) is 0 Å². The molecule has 2 heterocycles. The van der Waals surface area contributed by atoms with Crippen LogP contribution in [0.3, 0.4) is 0 Å². The molecule has 0 spiro atoms. The zero-order valence-corrected chi connectivity index (χ0v) is 11.5. The van der Waals surface area contributed by atoms with Gasteiger partial charge in [-0.1, -0.05) is 6.07 Å². The maximum Gasteiger partial charge on any atom is 0.281 e. The molecular weight excluding hydrogens is 284 g/mol. The van der Waals surface area contributed by atoms with Crippen LogP contribution >= 0.6 is 22.7 Å². The number of nitrogens with one attached hydrogen (secondary N) is 1. The largest absolute Gasteiger partial charge is 0.544 e. The molecule has 1 N–H and O–H groups in total. The van der Waals surface area contributed by atoms with E-state index in [9.17, 15) is 14.7 Å². The Bertz CT molecular complexity index is 629. The van der Waals surface area contributed by atoms with E-state index in [0.29, 0.717) is 15.5 Å². The van der Waals surface area contributed by atoms with Gasteiger partial charge in [-0.3, -0.25) is 4.79 Å². The normalized spacial score (nSPS) is 11.3. The molecule has 0 unspecified atom stereocenters. The first-order chi connectivity index (χ1) is 9.08. The predicted octanol–water partition coefficient (Wildman–Crippen LogP) is 1.33. The van der Waals surface area contributed by atoms with Crippen molar-refractivity contribution in [3.05, 3.63) is 44.3 Å². The lowest BCUT2D eigenvalue weighted by Gasteiger charge is -1.99. The van der Waals surface area contributed by atoms with Gasteiger partial charge < -0.3 is 9.90 Å². The average Bonchev–Trinajstić information content (AvgIpc) is 3.05. The van der Waals surface area contributed by atoms with Crippen molar-refractivity contribution in [2.75, 3.05) is 0 Å². The van der Waals surface area contributed by atoms with Crippen molar-refractivity contribution in [1.82, 2.24) is 5.43 Å². The molecule has 5 nitrogen and oxygen atoms in total. The molecule has 0 aliphatic rings. The second-order valence-corrected chi connectivity index (χ2v) is 5.60. The zero-order chi connectivity index (χ0) is 13.8. The molecule has 2 rings (SSSR count). The first-order valence-corrected chi connectivity index (χ1v) is 6.97. The van der Waals surface area contributed by atoms with Crippen LogP contribution in [0.4, 0.5) is 0 Å². The van der Waals surface area contributed by atoms with Gasteiger partial charge in [0.25, 0.3) is 5.91 Å². The van der Waals surface area contributed by atoms with Crippen LogP contribution in [0.25, 0.3) is 0 Å².